The first-order valence-electron chi connectivity index (χ1n) is 7.82. The second kappa shape index (κ2) is 9.13. The summed E-state index contributed by atoms with van der Waals surface area (Å²) in [5.74, 6) is -0.976. The number of thioether (sulfide) groups is 1. The average molecular weight is 343 g/mol. The molecule has 2 aromatic carbocycles. The molecule has 0 aliphatic heterocycles. The Hall–Kier alpha value is -2.27. The SMILES string of the molecule is C[C@H](SC(=O)N(CCc1ccccc1)Cc1ccccc1)C(=O)O. The Morgan fingerprint density at radius 1 is 1.00 bits per heavy atom. The van der Waals surface area contributed by atoms with Crippen LogP contribution in [0.4, 0.5) is 4.79 Å². The molecule has 126 valence electrons. The van der Waals surface area contributed by atoms with E-state index < -0.39 is 11.2 Å². The number of hydrogen-bond acceptors (Lipinski definition) is 3. The Labute approximate surface area is 146 Å². The number of carbonyl (C=O) groups is 2. The third-order valence-electron chi connectivity index (χ3n) is 3.61. The zero-order valence-electron chi connectivity index (χ0n) is 13.6. The van der Waals surface area contributed by atoms with Gasteiger partial charge in [-0.25, -0.2) is 0 Å². The van der Waals surface area contributed by atoms with Gasteiger partial charge in [-0.1, -0.05) is 60.7 Å². The summed E-state index contributed by atoms with van der Waals surface area (Å²) in [6.07, 6.45) is 0.738. The summed E-state index contributed by atoms with van der Waals surface area (Å²) in [6.45, 7) is 2.56. The molecule has 2 aromatic rings. The molecule has 0 saturated heterocycles. The van der Waals surface area contributed by atoms with Crippen LogP contribution in [0.5, 0.6) is 0 Å². The van der Waals surface area contributed by atoms with E-state index in [9.17, 15) is 9.59 Å². The first-order valence-corrected chi connectivity index (χ1v) is 8.70. The minimum absolute atomic E-state index is 0.204. The summed E-state index contributed by atoms with van der Waals surface area (Å²) in [6, 6.07) is 19.7. The van der Waals surface area contributed by atoms with Crippen LogP contribution in [0.1, 0.15) is 18.1 Å². The number of benzene rings is 2. The van der Waals surface area contributed by atoms with Crippen molar-refractivity contribution >= 4 is 23.0 Å². The molecule has 0 unspecified atom stereocenters. The maximum Gasteiger partial charge on any atom is 0.316 e. The van der Waals surface area contributed by atoms with Gasteiger partial charge in [0.25, 0.3) is 5.24 Å². The minimum atomic E-state index is -0.976. The van der Waals surface area contributed by atoms with Crippen LogP contribution >= 0.6 is 11.8 Å². The summed E-state index contributed by atoms with van der Waals surface area (Å²) in [7, 11) is 0. The van der Waals surface area contributed by atoms with Crippen molar-refractivity contribution in [3.63, 3.8) is 0 Å². The fourth-order valence-electron chi connectivity index (χ4n) is 2.22. The first kappa shape index (κ1) is 18.1. The van der Waals surface area contributed by atoms with E-state index in [0.717, 1.165) is 29.3 Å². The van der Waals surface area contributed by atoms with E-state index in [1.54, 1.807) is 4.90 Å². The van der Waals surface area contributed by atoms with Crippen molar-refractivity contribution < 1.29 is 14.7 Å². The molecule has 0 aromatic heterocycles. The lowest BCUT2D eigenvalue weighted by atomic mass is 10.1. The van der Waals surface area contributed by atoms with Gasteiger partial charge in [-0.2, -0.15) is 0 Å². The van der Waals surface area contributed by atoms with Gasteiger partial charge in [0.1, 0.15) is 5.25 Å². The maximum absolute atomic E-state index is 12.5. The van der Waals surface area contributed by atoms with Gasteiger partial charge in [0, 0.05) is 13.1 Å². The molecule has 0 heterocycles. The number of carbonyl (C=O) groups excluding carboxylic acids is 1. The fourth-order valence-corrected chi connectivity index (χ4v) is 2.93. The Bertz CT molecular complexity index is 661. The zero-order valence-corrected chi connectivity index (χ0v) is 14.4. The molecule has 2 rings (SSSR count). The number of amides is 1. The van der Waals surface area contributed by atoms with Crippen molar-refractivity contribution in [3.05, 3.63) is 71.8 Å². The van der Waals surface area contributed by atoms with Crippen LogP contribution in [-0.2, 0) is 17.8 Å². The van der Waals surface area contributed by atoms with E-state index in [4.69, 9.17) is 5.11 Å². The quantitative estimate of drug-likeness (QED) is 0.824. The Kier molecular flexibility index (Phi) is 6.88. The molecule has 0 bridgehead atoms. The highest BCUT2D eigenvalue weighted by Gasteiger charge is 2.21. The first-order chi connectivity index (χ1) is 11.6. The van der Waals surface area contributed by atoms with Crippen LogP contribution < -0.4 is 0 Å². The van der Waals surface area contributed by atoms with Gasteiger partial charge in [-0.15, -0.1) is 0 Å². The van der Waals surface area contributed by atoms with Gasteiger partial charge in [-0.05, 0) is 36.2 Å². The largest absolute Gasteiger partial charge is 0.480 e. The summed E-state index contributed by atoms with van der Waals surface area (Å²) in [4.78, 5) is 25.2. The van der Waals surface area contributed by atoms with E-state index in [1.165, 1.54) is 6.92 Å². The average Bonchev–Trinajstić information content (AvgIpc) is 2.60. The number of nitrogens with zero attached hydrogens (tertiary/aromatic N) is 1. The maximum atomic E-state index is 12.5. The highest BCUT2D eigenvalue weighted by atomic mass is 32.2. The van der Waals surface area contributed by atoms with E-state index >= 15 is 0 Å². The van der Waals surface area contributed by atoms with Crippen molar-refractivity contribution in [1.29, 1.82) is 0 Å². The third kappa shape index (κ3) is 5.74. The predicted octanol–water partition coefficient (Wildman–Crippen LogP) is 4.06. The minimum Gasteiger partial charge on any atom is -0.480 e. The van der Waals surface area contributed by atoms with Gasteiger partial charge in [0.2, 0.25) is 0 Å². The molecular formula is C19H21NO3S. The summed E-state index contributed by atoms with van der Waals surface area (Å²) in [5, 5.41) is 8.06. The van der Waals surface area contributed by atoms with Gasteiger partial charge >= 0.3 is 5.97 Å². The lowest BCUT2D eigenvalue weighted by Gasteiger charge is -2.23. The monoisotopic (exact) mass is 343 g/mol. The highest BCUT2D eigenvalue weighted by Crippen LogP contribution is 2.19. The molecule has 24 heavy (non-hydrogen) atoms. The van der Waals surface area contributed by atoms with Crippen molar-refractivity contribution in [2.24, 2.45) is 0 Å². The second-order valence-electron chi connectivity index (χ2n) is 5.51. The van der Waals surface area contributed by atoms with Crippen LogP contribution in [0.25, 0.3) is 0 Å². The zero-order chi connectivity index (χ0) is 17.4. The van der Waals surface area contributed by atoms with Crippen molar-refractivity contribution in [3.8, 4) is 0 Å². The number of carboxylic acids is 1. The van der Waals surface area contributed by atoms with Gasteiger partial charge in [0.15, 0.2) is 0 Å². The fraction of sp³-hybridized carbons (Fsp3) is 0.263. The van der Waals surface area contributed by atoms with Crippen LogP contribution in [0.2, 0.25) is 0 Å². The highest BCUT2D eigenvalue weighted by molar-refractivity contribution is 8.14. The molecule has 0 radical (unpaired) electrons. The van der Waals surface area contributed by atoms with Crippen LogP contribution in [-0.4, -0.2) is 33.0 Å². The van der Waals surface area contributed by atoms with Crippen molar-refractivity contribution in [1.82, 2.24) is 4.90 Å². The normalized spacial score (nSPS) is 11.7. The Morgan fingerprint density at radius 2 is 1.54 bits per heavy atom. The van der Waals surface area contributed by atoms with E-state index in [1.807, 2.05) is 60.7 Å². The van der Waals surface area contributed by atoms with E-state index in [2.05, 4.69) is 0 Å². The molecule has 0 saturated carbocycles. The molecule has 1 atom stereocenters. The standard InChI is InChI=1S/C19H21NO3S/c1-15(18(21)22)24-19(23)20(14-17-10-6-3-7-11-17)13-12-16-8-4-2-5-9-16/h2-11,15H,12-14H2,1H3,(H,21,22)/t15-/m0/s1. The molecule has 1 N–H and O–H groups in total. The van der Waals surface area contributed by atoms with Crippen LogP contribution in [0, 0.1) is 0 Å². The number of hydrogen-bond donors (Lipinski definition) is 1. The Balaban J connectivity index is 2.05. The lowest BCUT2D eigenvalue weighted by molar-refractivity contribution is -0.136. The van der Waals surface area contributed by atoms with Crippen LogP contribution in [0.3, 0.4) is 0 Å². The number of aliphatic carboxylic acids is 1. The van der Waals surface area contributed by atoms with Crippen molar-refractivity contribution in [2.75, 3.05) is 6.54 Å². The molecule has 0 aliphatic rings. The molecule has 0 aliphatic carbocycles. The number of carboxylic acid groups (broad SMARTS) is 1. The van der Waals surface area contributed by atoms with Gasteiger partial charge in [0.05, 0.1) is 0 Å². The molecule has 1 amide bonds. The third-order valence-corrected chi connectivity index (χ3v) is 4.63. The Morgan fingerprint density at radius 3 is 2.08 bits per heavy atom. The molecule has 5 heteroatoms. The smallest absolute Gasteiger partial charge is 0.316 e. The topological polar surface area (TPSA) is 57.6 Å². The van der Waals surface area contributed by atoms with Crippen molar-refractivity contribution in [2.45, 2.75) is 25.1 Å². The summed E-state index contributed by atoms with van der Waals surface area (Å²) >= 11 is 0.858. The lowest BCUT2D eigenvalue weighted by Crippen LogP contribution is -2.31. The molecule has 0 spiro atoms. The van der Waals surface area contributed by atoms with E-state index in [0.29, 0.717) is 13.1 Å². The second-order valence-corrected chi connectivity index (χ2v) is 6.80. The summed E-state index contributed by atoms with van der Waals surface area (Å²) in [5.41, 5.74) is 2.18. The van der Waals surface area contributed by atoms with Gasteiger partial charge in [-0.3, -0.25) is 9.59 Å². The molecule has 0 fully saturated rings. The summed E-state index contributed by atoms with van der Waals surface area (Å²) < 4.78 is 0. The number of rotatable bonds is 7. The molecule has 4 nitrogen and oxygen atoms in total. The van der Waals surface area contributed by atoms with Crippen LogP contribution in [0.15, 0.2) is 60.7 Å². The molecular weight excluding hydrogens is 322 g/mol. The van der Waals surface area contributed by atoms with E-state index in [-0.39, 0.29) is 5.24 Å². The predicted molar refractivity (Wildman–Crippen MR) is 97.1 cm³/mol. The van der Waals surface area contributed by atoms with Gasteiger partial charge < -0.3 is 10.0 Å².